The highest BCUT2D eigenvalue weighted by Crippen LogP contribution is 2.30. The lowest BCUT2D eigenvalue weighted by Gasteiger charge is -2.25. The molecular weight excluding hydrogens is 425 g/mol. The molecule has 0 aliphatic rings. The number of carbonyl (C=O) groups is 1. The Hall–Kier alpha value is -2.99. The lowest BCUT2D eigenvalue weighted by Crippen LogP contribution is -2.34. The number of benzene rings is 2. The van der Waals surface area contributed by atoms with E-state index in [9.17, 15) is 18.0 Å². The quantitative estimate of drug-likeness (QED) is 0.305. The minimum absolute atomic E-state index is 0.255. The van der Waals surface area contributed by atoms with Gasteiger partial charge in [0.2, 0.25) is 5.91 Å². The second-order valence-corrected chi connectivity index (χ2v) is 7.54. The van der Waals surface area contributed by atoms with Crippen molar-refractivity contribution in [2.75, 3.05) is 6.54 Å². The first-order valence-electron chi connectivity index (χ1n) is 9.68. The van der Waals surface area contributed by atoms with Crippen LogP contribution in [-0.2, 0) is 24.1 Å². The molecule has 1 heterocycles. The highest BCUT2D eigenvalue weighted by atomic mass is 35.5. The first kappa shape index (κ1) is 22.7. The van der Waals surface area contributed by atoms with Crippen LogP contribution in [0.3, 0.4) is 0 Å². The first-order valence-corrected chi connectivity index (χ1v) is 10.1. The lowest BCUT2D eigenvalue weighted by atomic mass is 10.1. The Balaban J connectivity index is 1.78. The van der Waals surface area contributed by atoms with Crippen molar-refractivity contribution >= 4 is 17.5 Å². The number of halogens is 4. The van der Waals surface area contributed by atoms with Gasteiger partial charge in [-0.15, -0.1) is 18.2 Å². The normalized spacial score (nSPS) is 12.4. The van der Waals surface area contributed by atoms with Crippen molar-refractivity contribution in [2.45, 2.75) is 24.6 Å². The van der Waals surface area contributed by atoms with Gasteiger partial charge < -0.3 is 9.47 Å². The molecule has 0 fully saturated rings. The summed E-state index contributed by atoms with van der Waals surface area (Å²) < 4.78 is 40.9. The zero-order chi connectivity index (χ0) is 22.4. The van der Waals surface area contributed by atoms with E-state index in [4.69, 9.17) is 11.6 Å². The standard InChI is InChI=1S/C24H22ClF3N2O/c1-2-13-30(23(31)22(25)19-9-4-3-5-10-19)17-21-12-7-14-29(21)16-18-8-6-11-20(15-18)24(26,27)28/h2-12,14-15,22H,1,13,16-17H2. The maximum absolute atomic E-state index is 13.0. The van der Waals surface area contributed by atoms with E-state index in [0.717, 1.165) is 17.8 Å². The molecule has 1 amide bonds. The number of hydrogen-bond acceptors (Lipinski definition) is 1. The zero-order valence-corrected chi connectivity index (χ0v) is 17.5. The molecule has 0 aliphatic heterocycles. The summed E-state index contributed by atoms with van der Waals surface area (Å²) in [6.07, 6.45) is -0.996. The third-order valence-corrected chi connectivity index (χ3v) is 5.29. The molecule has 0 saturated heterocycles. The summed E-state index contributed by atoms with van der Waals surface area (Å²) in [6, 6.07) is 17.9. The molecule has 3 rings (SSSR count). The van der Waals surface area contributed by atoms with Crippen LogP contribution in [0.25, 0.3) is 0 Å². The molecule has 31 heavy (non-hydrogen) atoms. The molecular formula is C24H22ClF3N2O. The summed E-state index contributed by atoms with van der Waals surface area (Å²) in [5.41, 5.74) is 1.32. The molecule has 7 heteroatoms. The van der Waals surface area contributed by atoms with E-state index in [-0.39, 0.29) is 19.0 Å². The van der Waals surface area contributed by atoms with E-state index >= 15 is 0 Å². The summed E-state index contributed by atoms with van der Waals surface area (Å²) >= 11 is 6.42. The summed E-state index contributed by atoms with van der Waals surface area (Å²) in [6.45, 7) is 4.52. The van der Waals surface area contributed by atoms with Gasteiger partial charge in [-0.3, -0.25) is 4.79 Å². The van der Waals surface area contributed by atoms with Gasteiger partial charge in [0.05, 0.1) is 12.1 Å². The van der Waals surface area contributed by atoms with E-state index in [1.165, 1.54) is 6.07 Å². The molecule has 0 spiro atoms. The molecule has 0 aliphatic carbocycles. The number of carbonyl (C=O) groups excluding carboxylic acids is 1. The van der Waals surface area contributed by atoms with Gasteiger partial charge in [0.15, 0.2) is 0 Å². The van der Waals surface area contributed by atoms with Crippen LogP contribution in [0.2, 0.25) is 0 Å². The van der Waals surface area contributed by atoms with Crippen LogP contribution >= 0.6 is 11.6 Å². The van der Waals surface area contributed by atoms with Gasteiger partial charge >= 0.3 is 6.18 Å². The molecule has 1 unspecified atom stereocenters. The molecule has 3 nitrogen and oxygen atoms in total. The average Bonchev–Trinajstić information content (AvgIpc) is 3.19. The molecule has 1 aromatic heterocycles. The van der Waals surface area contributed by atoms with Crippen molar-refractivity contribution in [3.63, 3.8) is 0 Å². The zero-order valence-electron chi connectivity index (χ0n) is 16.7. The largest absolute Gasteiger partial charge is 0.416 e. The van der Waals surface area contributed by atoms with Gasteiger partial charge in [-0.2, -0.15) is 13.2 Å². The molecule has 0 bridgehead atoms. The molecule has 162 valence electrons. The van der Waals surface area contributed by atoms with Crippen LogP contribution in [0.15, 0.2) is 85.6 Å². The topological polar surface area (TPSA) is 25.2 Å². The molecule has 0 radical (unpaired) electrons. The van der Waals surface area contributed by atoms with Gasteiger partial charge in [-0.05, 0) is 35.4 Å². The summed E-state index contributed by atoms with van der Waals surface area (Å²) in [7, 11) is 0. The molecule has 0 N–H and O–H groups in total. The van der Waals surface area contributed by atoms with Gasteiger partial charge in [-0.25, -0.2) is 0 Å². The van der Waals surface area contributed by atoms with Crippen molar-refractivity contribution in [3.8, 4) is 0 Å². The van der Waals surface area contributed by atoms with Gasteiger partial charge in [0.1, 0.15) is 5.38 Å². The molecule has 3 aromatic rings. The number of rotatable bonds is 8. The summed E-state index contributed by atoms with van der Waals surface area (Å²) in [4.78, 5) is 14.6. The van der Waals surface area contributed by atoms with Crippen molar-refractivity contribution in [3.05, 3.63) is 108 Å². The fraction of sp³-hybridized carbons (Fsp3) is 0.208. The Bertz CT molecular complexity index is 1030. The Morgan fingerprint density at radius 1 is 1.10 bits per heavy atom. The number of hydrogen-bond donors (Lipinski definition) is 0. The fourth-order valence-corrected chi connectivity index (χ4v) is 3.58. The van der Waals surface area contributed by atoms with Gasteiger partial charge in [0.25, 0.3) is 0 Å². The molecule has 1 atom stereocenters. The SMILES string of the molecule is C=CCN(Cc1cccn1Cc1cccc(C(F)(F)F)c1)C(=O)C(Cl)c1ccccc1. The predicted octanol–water partition coefficient (Wildman–Crippen LogP) is 6.05. The minimum atomic E-state index is -4.39. The second-order valence-electron chi connectivity index (χ2n) is 7.11. The van der Waals surface area contributed by atoms with Gasteiger partial charge in [-0.1, -0.05) is 48.5 Å². The van der Waals surface area contributed by atoms with Crippen LogP contribution in [-0.4, -0.2) is 21.9 Å². The van der Waals surface area contributed by atoms with E-state index < -0.39 is 17.1 Å². The first-order chi connectivity index (χ1) is 14.8. The van der Waals surface area contributed by atoms with Crippen LogP contribution in [0, 0.1) is 0 Å². The van der Waals surface area contributed by atoms with E-state index in [0.29, 0.717) is 17.7 Å². The number of nitrogens with zero attached hydrogens (tertiary/aromatic N) is 2. The van der Waals surface area contributed by atoms with Crippen LogP contribution in [0.1, 0.15) is 27.8 Å². The maximum atomic E-state index is 13.0. The van der Waals surface area contributed by atoms with Crippen molar-refractivity contribution < 1.29 is 18.0 Å². The van der Waals surface area contributed by atoms with Crippen LogP contribution in [0.5, 0.6) is 0 Å². The Kier molecular flexibility index (Phi) is 7.23. The highest BCUT2D eigenvalue weighted by molar-refractivity contribution is 6.30. The smallest absolute Gasteiger partial charge is 0.345 e. The highest BCUT2D eigenvalue weighted by Gasteiger charge is 2.30. The molecule has 2 aromatic carbocycles. The minimum Gasteiger partial charge on any atom is -0.345 e. The van der Waals surface area contributed by atoms with Crippen molar-refractivity contribution in [2.24, 2.45) is 0 Å². The second kappa shape index (κ2) is 9.88. The number of amides is 1. The van der Waals surface area contributed by atoms with Crippen molar-refractivity contribution in [1.29, 1.82) is 0 Å². The Labute approximate surface area is 184 Å². The lowest BCUT2D eigenvalue weighted by molar-refractivity contribution is -0.137. The summed E-state index contributed by atoms with van der Waals surface area (Å²) in [5.74, 6) is -0.264. The summed E-state index contributed by atoms with van der Waals surface area (Å²) in [5, 5.41) is -0.840. The average molecular weight is 447 g/mol. The Morgan fingerprint density at radius 3 is 2.52 bits per heavy atom. The third-order valence-electron chi connectivity index (χ3n) is 4.85. The predicted molar refractivity (Wildman–Crippen MR) is 116 cm³/mol. The Morgan fingerprint density at radius 2 is 1.84 bits per heavy atom. The van der Waals surface area contributed by atoms with Crippen LogP contribution in [0.4, 0.5) is 13.2 Å². The van der Waals surface area contributed by atoms with Gasteiger partial charge in [0, 0.05) is 25.0 Å². The fourth-order valence-electron chi connectivity index (χ4n) is 3.30. The maximum Gasteiger partial charge on any atom is 0.416 e. The molecule has 0 saturated carbocycles. The van der Waals surface area contributed by atoms with E-state index in [1.54, 1.807) is 41.4 Å². The van der Waals surface area contributed by atoms with E-state index in [2.05, 4.69) is 6.58 Å². The van der Waals surface area contributed by atoms with E-state index in [1.807, 2.05) is 28.8 Å². The van der Waals surface area contributed by atoms with Crippen molar-refractivity contribution in [1.82, 2.24) is 9.47 Å². The van der Waals surface area contributed by atoms with Crippen LogP contribution < -0.4 is 0 Å². The monoisotopic (exact) mass is 446 g/mol. The third kappa shape index (κ3) is 5.79. The number of aromatic nitrogens is 1. The number of alkyl halides is 4.